The van der Waals surface area contributed by atoms with E-state index in [4.69, 9.17) is 9.98 Å². The standard InChI is InChI=1S/C52H44N4/c1-7-16-37(17-8-2)55-49-24-22-35(47(18-9-3)53-10-4)27-43(49)45-29-39-33(5)34(6)40-30-46-44-28-36(48-21-14-15-26-54-48)23-25-50(44)56(38-19-12-11-13-20-38)52(46)32-42(40)41(39)31-51(45)55/h7-34H,1,3H2,2,4-6H3/b17-8-,37-16+,47-18-,53-10?. The molecule has 0 N–H and O–H groups in total. The van der Waals surface area contributed by atoms with Crippen molar-refractivity contribution < 1.29 is 0 Å². The molecule has 3 heterocycles. The van der Waals surface area contributed by atoms with Crippen LogP contribution in [0.2, 0.25) is 0 Å². The average molecular weight is 725 g/mol. The van der Waals surface area contributed by atoms with Crippen LogP contribution in [0, 0.1) is 0 Å². The maximum Gasteiger partial charge on any atom is 0.0702 e. The fraction of sp³-hybridized carbons (Fsp3) is 0.115. The third kappa shape index (κ3) is 5.52. The molecule has 0 amide bonds. The van der Waals surface area contributed by atoms with Gasteiger partial charge in [0.05, 0.1) is 33.5 Å². The van der Waals surface area contributed by atoms with Crippen molar-refractivity contribution in [1.82, 2.24) is 14.1 Å². The summed E-state index contributed by atoms with van der Waals surface area (Å²) in [5.41, 5.74) is 16.2. The van der Waals surface area contributed by atoms with E-state index in [1.54, 1.807) is 6.08 Å². The van der Waals surface area contributed by atoms with E-state index >= 15 is 0 Å². The number of hydrogen-bond donors (Lipinski definition) is 0. The zero-order chi connectivity index (χ0) is 38.5. The van der Waals surface area contributed by atoms with Crippen LogP contribution in [0.4, 0.5) is 0 Å². The fourth-order valence-electron chi connectivity index (χ4n) is 8.87. The molecule has 4 nitrogen and oxygen atoms in total. The first-order valence-corrected chi connectivity index (χ1v) is 19.4. The van der Waals surface area contributed by atoms with Crippen molar-refractivity contribution in [1.29, 1.82) is 0 Å². The molecule has 0 radical (unpaired) electrons. The van der Waals surface area contributed by atoms with E-state index < -0.39 is 0 Å². The average Bonchev–Trinajstić information content (AvgIpc) is 3.73. The minimum absolute atomic E-state index is 0.298. The number of hydrogen-bond acceptors (Lipinski definition) is 2. The number of rotatable bonds is 8. The number of aliphatic imine (C=N–C) groups is 1. The van der Waals surface area contributed by atoms with Crippen molar-refractivity contribution in [3.8, 4) is 28.1 Å². The number of para-hydroxylation sites is 1. The Labute approximate surface area is 328 Å². The van der Waals surface area contributed by atoms with Gasteiger partial charge in [-0.05, 0) is 139 Å². The minimum Gasteiger partial charge on any atom is -0.309 e. The quantitative estimate of drug-likeness (QED) is 0.113. The summed E-state index contributed by atoms with van der Waals surface area (Å²) < 4.78 is 4.81. The maximum atomic E-state index is 4.70. The molecule has 0 saturated carbocycles. The molecule has 0 saturated heterocycles. The molecule has 0 spiro atoms. The summed E-state index contributed by atoms with van der Waals surface area (Å²) in [5, 5.41) is 4.90. The largest absolute Gasteiger partial charge is 0.309 e. The monoisotopic (exact) mass is 724 g/mol. The van der Waals surface area contributed by atoms with Gasteiger partial charge in [0.1, 0.15) is 0 Å². The highest BCUT2D eigenvalue weighted by Gasteiger charge is 2.31. The van der Waals surface area contributed by atoms with Crippen LogP contribution >= 0.6 is 0 Å². The first-order chi connectivity index (χ1) is 27.4. The lowest BCUT2D eigenvalue weighted by Gasteiger charge is -2.32. The molecule has 1 aliphatic carbocycles. The Morgan fingerprint density at radius 2 is 1.32 bits per heavy atom. The van der Waals surface area contributed by atoms with Gasteiger partial charge in [-0.15, -0.1) is 0 Å². The van der Waals surface area contributed by atoms with Crippen LogP contribution in [0.25, 0.3) is 83.1 Å². The van der Waals surface area contributed by atoms with Gasteiger partial charge < -0.3 is 9.13 Å². The second-order valence-corrected chi connectivity index (χ2v) is 14.7. The molecule has 272 valence electrons. The summed E-state index contributed by atoms with van der Waals surface area (Å²) in [6.07, 6.45) is 15.7. The van der Waals surface area contributed by atoms with Gasteiger partial charge in [-0.25, -0.2) is 0 Å². The molecule has 0 fully saturated rings. The van der Waals surface area contributed by atoms with E-state index in [-0.39, 0.29) is 0 Å². The summed E-state index contributed by atoms with van der Waals surface area (Å²) in [5.74, 6) is 0.602. The van der Waals surface area contributed by atoms with Crippen molar-refractivity contribution in [2.75, 3.05) is 0 Å². The molecule has 56 heavy (non-hydrogen) atoms. The Hall–Kier alpha value is -6.78. The number of nitrogens with zero attached hydrogens (tertiary/aromatic N) is 4. The summed E-state index contributed by atoms with van der Waals surface area (Å²) in [6, 6.07) is 40.2. The Kier molecular flexibility index (Phi) is 8.82. The molecular weight excluding hydrogens is 681 g/mol. The van der Waals surface area contributed by atoms with Crippen molar-refractivity contribution in [2.24, 2.45) is 4.99 Å². The van der Waals surface area contributed by atoms with Crippen molar-refractivity contribution in [2.45, 2.75) is 39.5 Å². The molecule has 1 aliphatic rings. The van der Waals surface area contributed by atoms with Crippen LogP contribution in [-0.2, 0) is 0 Å². The van der Waals surface area contributed by atoms with Crippen LogP contribution < -0.4 is 0 Å². The van der Waals surface area contributed by atoms with Gasteiger partial charge >= 0.3 is 0 Å². The molecule has 0 bridgehead atoms. The van der Waals surface area contributed by atoms with E-state index in [0.717, 1.165) is 44.9 Å². The van der Waals surface area contributed by atoms with Crippen LogP contribution in [-0.4, -0.2) is 20.3 Å². The van der Waals surface area contributed by atoms with Crippen LogP contribution in [0.5, 0.6) is 0 Å². The summed E-state index contributed by atoms with van der Waals surface area (Å²) in [7, 11) is 0. The smallest absolute Gasteiger partial charge is 0.0702 e. The molecule has 5 aromatic carbocycles. The molecule has 8 aromatic rings. The van der Waals surface area contributed by atoms with Gasteiger partial charge in [-0.3, -0.25) is 9.98 Å². The fourth-order valence-corrected chi connectivity index (χ4v) is 8.87. The molecule has 2 atom stereocenters. The van der Waals surface area contributed by atoms with Crippen molar-refractivity contribution >= 4 is 61.2 Å². The van der Waals surface area contributed by atoms with Gasteiger partial charge in [0.25, 0.3) is 0 Å². The second kappa shape index (κ2) is 14.1. The normalized spacial score (nSPS) is 16.1. The predicted octanol–water partition coefficient (Wildman–Crippen LogP) is 14.1. The third-order valence-electron chi connectivity index (χ3n) is 11.6. The van der Waals surface area contributed by atoms with Crippen LogP contribution in [0.15, 0.2) is 170 Å². The second-order valence-electron chi connectivity index (χ2n) is 14.7. The highest BCUT2D eigenvalue weighted by atomic mass is 15.0. The van der Waals surface area contributed by atoms with E-state index in [9.17, 15) is 0 Å². The highest BCUT2D eigenvalue weighted by Crippen LogP contribution is 2.51. The zero-order valence-corrected chi connectivity index (χ0v) is 32.4. The molecule has 2 unspecified atom stereocenters. The van der Waals surface area contributed by atoms with Gasteiger partial charge in [0, 0.05) is 56.5 Å². The van der Waals surface area contributed by atoms with E-state index in [0.29, 0.717) is 11.8 Å². The highest BCUT2D eigenvalue weighted by molar-refractivity contribution is 6.15. The SMILES string of the molecule is C=C/C=C(\N=CC)c1ccc2c(c1)c1cc3c(cc1n2C(/C=C\C)=C/C=C)-c1cc2c(cc1C(C)C3C)c1cc(-c3ccccn3)ccc1n2-c1ccccc1. The van der Waals surface area contributed by atoms with Gasteiger partial charge in [0.2, 0.25) is 0 Å². The molecule has 4 heteroatoms. The van der Waals surface area contributed by atoms with Crippen LogP contribution in [0.1, 0.15) is 56.2 Å². The van der Waals surface area contributed by atoms with E-state index in [1.807, 2.05) is 37.6 Å². The van der Waals surface area contributed by atoms with E-state index in [2.05, 4.69) is 164 Å². The zero-order valence-electron chi connectivity index (χ0n) is 32.4. The molecule has 0 aliphatic heterocycles. The number of benzene rings is 5. The summed E-state index contributed by atoms with van der Waals surface area (Å²) in [6.45, 7) is 16.8. The Morgan fingerprint density at radius 1 is 0.661 bits per heavy atom. The molecule has 3 aromatic heterocycles. The molecular formula is C52H44N4. The van der Waals surface area contributed by atoms with Crippen molar-refractivity contribution in [3.63, 3.8) is 0 Å². The van der Waals surface area contributed by atoms with Crippen LogP contribution in [0.3, 0.4) is 0 Å². The lowest BCUT2D eigenvalue weighted by molar-refractivity contribution is 0.617. The van der Waals surface area contributed by atoms with Crippen molar-refractivity contribution in [3.05, 3.63) is 182 Å². The number of aromatic nitrogens is 3. The van der Waals surface area contributed by atoms with Gasteiger partial charge in [0.15, 0.2) is 0 Å². The Bertz CT molecular complexity index is 2980. The third-order valence-corrected chi connectivity index (χ3v) is 11.6. The number of fused-ring (bicyclic) bond motifs is 9. The Balaban J connectivity index is 1.37. The Morgan fingerprint density at radius 3 is 2.00 bits per heavy atom. The lowest BCUT2D eigenvalue weighted by Crippen LogP contribution is -2.13. The first-order valence-electron chi connectivity index (χ1n) is 19.4. The summed E-state index contributed by atoms with van der Waals surface area (Å²) in [4.78, 5) is 9.39. The van der Waals surface area contributed by atoms with Gasteiger partial charge in [-0.1, -0.05) is 81.6 Å². The first kappa shape index (κ1) is 35.0. The van der Waals surface area contributed by atoms with Gasteiger partial charge in [-0.2, -0.15) is 0 Å². The topological polar surface area (TPSA) is 35.1 Å². The lowest BCUT2D eigenvalue weighted by atomic mass is 9.72. The predicted molar refractivity (Wildman–Crippen MR) is 241 cm³/mol. The molecule has 9 rings (SSSR count). The number of allylic oxidation sites excluding steroid dienone is 7. The van der Waals surface area contributed by atoms with E-state index in [1.165, 1.54) is 54.8 Å². The number of pyridine rings is 1. The summed E-state index contributed by atoms with van der Waals surface area (Å²) >= 11 is 0. The maximum absolute atomic E-state index is 4.70. The minimum atomic E-state index is 0.298.